The summed E-state index contributed by atoms with van der Waals surface area (Å²) in [7, 11) is 0. The van der Waals surface area contributed by atoms with Gasteiger partial charge in [0.25, 0.3) is 0 Å². The molecule has 0 aliphatic rings. The summed E-state index contributed by atoms with van der Waals surface area (Å²) in [6.07, 6.45) is -7.86. The molecule has 1 N–H and O–H groups in total. The molecule has 1 aromatic carbocycles. The molecule has 1 rings (SSSR count). The topological polar surface area (TPSA) is 46.2 Å². The fourth-order valence-corrected chi connectivity index (χ4v) is 2.33. The number of rotatable bonds is 9. The molecule has 0 heterocycles. The van der Waals surface area contributed by atoms with E-state index in [1.807, 2.05) is 0 Å². The SMILES string of the molecule is CC(=O)c1cccc(NC(=O)C(F)(F)C(F)(F)C(F)(F)C(F)(F)C(F)(F)C(F)(F)C(F)(F)C(F)(F)F)c1. The molecule has 0 radical (unpaired) electrons. The van der Waals surface area contributed by atoms with Gasteiger partial charge in [-0.25, -0.2) is 0 Å². The molecule has 20 heteroatoms. The Morgan fingerprint density at radius 2 is 0.973 bits per heavy atom. The Bertz CT molecular complexity index is 1040. The molecule has 0 unspecified atom stereocenters. The first-order chi connectivity index (χ1) is 16.1. The molecule has 0 saturated heterocycles. The first-order valence-electron chi connectivity index (χ1n) is 8.69. The van der Waals surface area contributed by atoms with Crippen molar-refractivity contribution in [1.82, 2.24) is 0 Å². The number of benzene rings is 1. The van der Waals surface area contributed by atoms with Crippen LogP contribution in [-0.4, -0.2) is 59.3 Å². The Morgan fingerprint density at radius 1 is 0.595 bits per heavy atom. The highest BCUT2D eigenvalue weighted by molar-refractivity contribution is 5.99. The van der Waals surface area contributed by atoms with E-state index in [0.717, 1.165) is 19.1 Å². The van der Waals surface area contributed by atoms with Crippen LogP contribution in [0.15, 0.2) is 24.3 Å². The highest BCUT2D eigenvalue weighted by Gasteiger charge is 2.95. The smallest absolute Gasteiger partial charge is 0.321 e. The van der Waals surface area contributed by atoms with E-state index in [-0.39, 0.29) is 0 Å². The highest BCUT2D eigenvalue weighted by Crippen LogP contribution is 2.64. The van der Waals surface area contributed by atoms with Crippen molar-refractivity contribution >= 4 is 17.4 Å². The number of amides is 1. The van der Waals surface area contributed by atoms with Crippen LogP contribution in [0.1, 0.15) is 17.3 Å². The molecule has 0 atom stereocenters. The first kappa shape index (κ1) is 32.2. The van der Waals surface area contributed by atoms with Gasteiger partial charge in [-0.2, -0.15) is 74.6 Å². The van der Waals surface area contributed by atoms with Gasteiger partial charge >= 0.3 is 53.5 Å². The zero-order chi connectivity index (χ0) is 29.8. The van der Waals surface area contributed by atoms with E-state index in [0.29, 0.717) is 17.4 Å². The molecule has 37 heavy (non-hydrogen) atoms. The second kappa shape index (κ2) is 8.88. The largest absolute Gasteiger partial charge is 0.460 e. The molecular formula is C17H8F17NO2. The molecule has 1 aromatic rings. The predicted octanol–water partition coefficient (Wildman–Crippen LogP) is 6.84. The summed E-state index contributed by atoms with van der Waals surface area (Å²) < 4.78 is 225. The minimum atomic E-state index is -8.78. The average Bonchev–Trinajstić information content (AvgIpc) is 2.72. The number of carbonyl (C=O) groups is 2. The molecule has 0 aromatic heterocycles. The van der Waals surface area contributed by atoms with Crippen molar-refractivity contribution in [2.75, 3.05) is 5.32 Å². The fourth-order valence-electron chi connectivity index (χ4n) is 2.33. The normalized spacial score (nSPS) is 15.0. The lowest BCUT2D eigenvalue weighted by Gasteiger charge is -2.42. The highest BCUT2D eigenvalue weighted by atomic mass is 19.4. The number of anilines is 1. The van der Waals surface area contributed by atoms with Gasteiger partial charge in [0, 0.05) is 11.3 Å². The second-order valence-corrected chi connectivity index (χ2v) is 7.11. The van der Waals surface area contributed by atoms with Crippen LogP contribution in [-0.2, 0) is 4.79 Å². The number of alkyl halides is 17. The van der Waals surface area contributed by atoms with Crippen LogP contribution in [0.25, 0.3) is 0 Å². The van der Waals surface area contributed by atoms with Crippen LogP contribution in [0, 0.1) is 0 Å². The fraction of sp³-hybridized carbons (Fsp3) is 0.529. The number of carbonyl (C=O) groups excluding carboxylic acids is 2. The number of halogens is 17. The van der Waals surface area contributed by atoms with Gasteiger partial charge < -0.3 is 5.32 Å². The van der Waals surface area contributed by atoms with E-state index >= 15 is 0 Å². The third kappa shape index (κ3) is 4.55. The van der Waals surface area contributed by atoms with E-state index < -0.39 is 70.6 Å². The summed E-state index contributed by atoms with van der Waals surface area (Å²) >= 11 is 0. The van der Waals surface area contributed by atoms with E-state index in [1.54, 1.807) is 0 Å². The van der Waals surface area contributed by atoms with Crippen molar-refractivity contribution in [1.29, 1.82) is 0 Å². The predicted molar refractivity (Wildman–Crippen MR) is 85.8 cm³/mol. The molecule has 0 fully saturated rings. The summed E-state index contributed by atoms with van der Waals surface area (Å²) in [5.74, 6) is -63.0. The van der Waals surface area contributed by atoms with E-state index in [4.69, 9.17) is 0 Å². The van der Waals surface area contributed by atoms with E-state index in [9.17, 15) is 84.2 Å². The van der Waals surface area contributed by atoms with Crippen LogP contribution < -0.4 is 5.32 Å². The minimum absolute atomic E-state index is 0.440. The van der Waals surface area contributed by atoms with E-state index in [2.05, 4.69) is 0 Å². The molecule has 0 aliphatic heterocycles. The lowest BCUT2D eigenvalue weighted by molar-refractivity contribution is -0.459. The molecule has 1 amide bonds. The Balaban J connectivity index is 3.58. The summed E-state index contributed by atoms with van der Waals surface area (Å²) in [5, 5.41) is 0.716. The zero-order valence-electron chi connectivity index (χ0n) is 17.1. The third-order valence-corrected chi connectivity index (χ3v) is 4.53. The van der Waals surface area contributed by atoms with Crippen molar-refractivity contribution in [2.45, 2.75) is 54.6 Å². The summed E-state index contributed by atoms with van der Waals surface area (Å²) in [5.41, 5.74) is -1.53. The maximum Gasteiger partial charge on any atom is 0.460 e. The van der Waals surface area contributed by atoms with Gasteiger partial charge in [0.2, 0.25) is 0 Å². The Labute approximate surface area is 192 Å². The monoisotopic (exact) mass is 581 g/mol. The maximum atomic E-state index is 13.9. The molecule has 0 bridgehead atoms. The standard InChI is InChI=1S/C17H8F17NO2/c1-6(36)7-3-2-4-8(5-7)35-9(37)10(18,19)11(20,21)12(22,23)13(24,25)14(26,27)15(28,29)16(30,31)17(32,33)34/h2-5H,1H3,(H,35,37). The van der Waals surface area contributed by atoms with Gasteiger partial charge in [-0.05, 0) is 19.1 Å². The number of hydrogen-bond acceptors (Lipinski definition) is 2. The van der Waals surface area contributed by atoms with Gasteiger partial charge in [0.1, 0.15) is 0 Å². The molecule has 0 spiro atoms. The van der Waals surface area contributed by atoms with Crippen molar-refractivity contribution in [2.24, 2.45) is 0 Å². The molecule has 0 saturated carbocycles. The Morgan fingerprint density at radius 3 is 1.35 bits per heavy atom. The molecular weight excluding hydrogens is 573 g/mol. The first-order valence-corrected chi connectivity index (χ1v) is 8.69. The van der Waals surface area contributed by atoms with Crippen LogP contribution in [0.3, 0.4) is 0 Å². The van der Waals surface area contributed by atoms with Crippen LogP contribution in [0.5, 0.6) is 0 Å². The summed E-state index contributed by atoms with van der Waals surface area (Å²) in [6.45, 7) is 0.838. The lowest BCUT2D eigenvalue weighted by atomic mass is 9.88. The molecule has 0 aliphatic carbocycles. The maximum absolute atomic E-state index is 13.9. The van der Waals surface area contributed by atoms with Gasteiger partial charge in [0.05, 0.1) is 0 Å². The van der Waals surface area contributed by atoms with Crippen LogP contribution >= 0.6 is 0 Å². The zero-order valence-corrected chi connectivity index (χ0v) is 17.1. The van der Waals surface area contributed by atoms with Crippen molar-refractivity contribution < 1.29 is 84.2 Å². The number of hydrogen-bond donors (Lipinski definition) is 1. The minimum Gasteiger partial charge on any atom is -0.321 e. The lowest BCUT2D eigenvalue weighted by Crippen LogP contribution is -2.75. The van der Waals surface area contributed by atoms with Gasteiger partial charge in [-0.15, -0.1) is 0 Å². The van der Waals surface area contributed by atoms with Crippen molar-refractivity contribution in [3.8, 4) is 0 Å². The number of nitrogens with one attached hydrogen (secondary N) is 1. The molecule has 212 valence electrons. The van der Waals surface area contributed by atoms with Crippen molar-refractivity contribution in [3.05, 3.63) is 29.8 Å². The quantitative estimate of drug-likeness (QED) is 0.257. The Hall–Kier alpha value is -2.83. The van der Waals surface area contributed by atoms with Gasteiger partial charge in [-0.3, -0.25) is 9.59 Å². The van der Waals surface area contributed by atoms with Gasteiger partial charge in [0.15, 0.2) is 5.78 Å². The second-order valence-electron chi connectivity index (χ2n) is 7.11. The third-order valence-electron chi connectivity index (χ3n) is 4.53. The Kier molecular flexibility index (Phi) is 7.73. The van der Waals surface area contributed by atoms with Crippen LogP contribution in [0.2, 0.25) is 0 Å². The van der Waals surface area contributed by atoms with E-state index in [1.165, 1.54) is 0 Å². The average molecular weight is 581 g/mol. The van der Waals surface area contributed by atoms with Crippen molar-refractivity contribution in [3.63, 3.8) is 0 Å². The van der Waals surface area contributed by atoms with Gasteiger partial charge in [-0.1, -0.05) is 12.1 Å². The summed E-state index contributed by atoms with van der Waals surface area (Å²) in [4.78, 5) is 22.6. The van der Waals surface area contributed by atoms with Crippen LogP contribution in [0.4, 0.5) is 80.3 Å². The number of Topliss-reactive ketones (excluding diaryl/α,β-unsaturated/α-hetero) is 1. The summed E-state index contributed by atoms with van der Waals surface area (Å²) in [6, 6.07) is 2.67. The molecule has 3 nitrogen and oxygen atoms in total. The number of ketones is 1.